The summed E-state index contributed by atoms with van der Waals surface area (Å²) in [5.74, 6) is -0.112. The van der Waals surface area contributed by atoms with E-state index in [0.29, 0.717) is 12.1 Å². The van der Waals surface area contributed by atoms with Crippen molar-refractivity contribution in [1.29, 1.82) is 5.26 Å². The zero-order chi connectivity index (χ0) is 11.3. The molecule has 1 rings (SSSR count). The van der Waals surface area contributed by atoms with Crippen LogP contribution in [0, 0.1) is 11.3 Å². The van der Waals surface area contributed by atoms with Gasteiger partial charge < -0.3 is 4.90 Å². The first-order valence-corrected chi connectivity index (χ1v) is 4.54. The molecule has 0 aliphatic rings. The Kier molecular flexibility index (Phi) is 3.64. The largest absolute Gasteiger partial charge is 0.338 e. The number of nitriles is 1. The molecule has 3 heteroatoms. The lowest BCUT2D eigenvalue weighted by molar-refractivity contribution is -0.125. The van der Waals surface area contributed by atoms with E-state index < -0.39 is 0 Å². The van der Waals surface area contributed by atoms with E-state index in [-0.39, 0.29) is 5.91 Å². The molecular weight excluding hydrogens is 188 g/mol. The molecule has 0 atom stereocenters. The molecule has 1 aromatic carbocycles. The number of benzene rings is 1. The quantitative estimate of drug-likeness (QED) is 0.697. The number of hydrogen-bond acceptors (Lipinski definition) is 2. The van der Waals surface area contributed by atoms with E-state index >= 15 is 0 Å². The minimum atomic E-state index is -0.112. The molecule has 0 N–H and O–H groups in total. The van der Waals surface area contributed by atoms with Crippen LogP contribution in [0.2, 0.25) is 0 Å². The van der Waals surface area contributed by atoms with Gasteiger partial charge in [-0.15, -0.1) is 0 Å². The number of rotatable bonds is 3. The third kappa shape index (κ3) is 2.96. The Hall–Kier alpha value is -2.08. The molecule has 0 unspecified atom stereocenters. The summed E-state index contributed by atoms with van der Waals surface area (Å²) in [6.45, 7) is 3.94. The van der Waals surface area contributed by atoms with E-state index in [1.165, 1.54) is 6.08 Å². The molecule has 0 radical (unpaired) electrons. The highest BCUT2D eigenvalue weighted by molar-refractivity contribution is 5.86. The first-order valence-electron chi connectivity index (χ1n) is 4.54. The molecule has 76 valence electrons. The van der Waals surface area contributed by atoms with Crippen molar-refractivity contribution < 1.29 is 4.79 Å². The Morgan fingerprint density at radius 1 is 1.53 bits per heavy atom. The fourth-order valence-corrected chi connectivity index (χ4v) is 1.19. The summed E-state index contributed by atoms with van der Waals surface area (Å²) < 4.78 is 0. The molecule has 0 saturated heterocycles. The Bertz CT molecular complexity index is 401. The number of likely N-dealkylation sites (N-methyl/N-ethyl adjacent to an activating group) is 1. The Morgan fingerprint density at radius 3 is 2.60 bits per heavy atom. The molecule has 0 aliphatic heterocycles. The van der Waals surface area contributed by atoms with E-state index in [1.807, 2.05) is 18.2 Å². The third-order valence-corrected chi connectivity index (χ3v) is 2.05. The second-order valence-electron chi connectivity index (χ2n) is 3.21. The second kappa shape index (κ2) is 4.97. The normalized spacial score (nSPS) is 9.07. The SMILES string of the molecule is C=CC(=O)N(C)Cc1ccc(C#N)cc1. The first kappa shape index (κ1) is 11.0. The van der Waals surface area contributed by atoms with E-state index in [9.17, 15) is 4.79 Å². The van der Waals surface area contributed by atoms with Crippen LogP contribution in [-0.4, -0.2) is 17.9 Å². The highest BCUT2D eigenvalue weighted by atomic mass is 16.2. The Labute approximate surface area is 89.2 Å². The van der Waals surface area contributed by atoms with Gasteiger partial charge in [-0.2, -0.15) is 5.26 Å². The van der Waals surface area contributed by atoms with Crippen molar-refractivity contribution in [2.75, 3.05) is 7.05 Å². The third-order valence-electron chi connectivity index (χ3n) is 2.05. The van der Waals surface area contributed by atoms with Gasteiger partial charge in [0.1, 0.15) is 0 Å². The maximum atomic E-state index is 11.2. The maximum Gasteiger partial charge on any atom is 0.245 e. The topological polar surface area (TPSA) is 44.1 Å². The molecule has 1 aromatic rings. The molecule has 15 heavy (non-hydrogen) atoms. The van der Waals surface area contributed by atoms with Crippen LogP contribution in [0.15, 0.2) is 36.9 Å². The zero-order valence-corrected chi connectivity index (χ0v) is 8.60. The van der Waals surface area contributed by atoms with E-state index in [0.717, 1.165) is 5.56 Å². The number of hydrogen-bond donors (Lipinski definition) is 0. The summed E-state index contributed by atoms with van der Waals surface area (Å²) in [6, 6.07) is 9.20. The monoisotopic (exact) mass is 200 g/mol. The summed E-state index contributed by atoms with van der Waals surface area (Å²) in [4.78, 5) is 12.8. The fourth-order valence-electron chi connectivity index (χ4n) is 1.19. The standard InChI is InChI=1S/C12H12N2O/c1-3-12(15)14(2)9-11-6-4-10(8-13)5-7-11/h3-7H,1,9H2,2H3. The first-order chi connectivity index (χ1) is 7.17. The lowest BCUT2D eigenvalue weighted by Crippen LogP contribution is -2.23. The van der Waals surface area contributed by atoms with Gasteiger partial charge in [0.15, 0.2) is 0 Å². The van der Waals surface area contributed by atoms with Gasteiger partial charge in [-0.25, -0.2) is 0 Å². The van der Waals surface area contributed by atoms with E-state index in [1.54, 1.807) is 24.1 Å². The van der Waals surface area contributed by atoms with Crippen molar-refractivity contribution in [3.63, 3.8) is 0 Å². The van der Waals surface area contributed by atoms with Gasteiger partial charge in [0.2, 0.25) is 5.91 Å². The van der Waals surface area contributed by atoms with Crippen molar-refractivity contribution in [1.82, 2.24) is 4.90 Å². The van der Waals surface area contributed by atoms with Crippen LogP contribution in [0.4, 0.5) is 0 Å². The van der Waals surface area contributed by atoms with Gasteiger partial charge in [0.05, 0.1) is 11.6 Å². The summed E-state index contributed by atoms with van der Waals surface area (Å²) in [7, 11) is 1.71. The van der Waals surface area contributed by atoms with Gasteiger partial charge in [0, 0.05) is 13.6 Å². The van der Waals surface area contributed by atoms with Gasteiger partial charge in [-0.1, -0.05) is 18.7 Å². The van der Waals surface area contributed by atoms with Gasteiger partial charge >= 0.3 is 0 Å². The fraction of sp³-hybridized carbons (Fsp3) is 0.167. The lowest BCUT2D eigenvalue weighted by atomic mass is 10.1. The average Bonchev–Trinajstić information content (AvgIpc) is 2.29. The predicted octanol–water partition coefficient (Wildman–Crippen LogP) is 1.70. The van der Waals surface area contributed by atoms with Crippen molar-refractivity contribution in [3.05, 3.63) is 48.0 Å². The molecule has 0 bridgehead atoms. The molecule has 3 nitrogen and oxygen atoms in total. The molecule has 0 aromatic heterocycles. The van der Waals surface area contributed by atoms with E-state index in [2.05, 4.69) is 6.58 Å². The number of carbonyl (C=O) groups is 1. The zero-order valence-electron chi connectivity index (χ0n) is 8.60. The summed E-state index contributed by atoms with van der Waals surface area (Å²) >= 11 is 0. The predicted molar refractivity (Wildman–Crippen MR) is 57.8 cm³/mol. The molecule has 0 saturated carbocycles. The summed E-state index contributed by atoms with van der Waals surface area (Å²) in [6.07, 6.45) is 1.28. The van der Waals surface area contributed by atoms with Crippen LogP contribution in [0.1, 0.15) is 11.1 Å². The summed E-state index contributed by atoms with van der Waals surface area (Å²) in [5.41, 5.74) is 1.61. The van der Waals surface area contributed by atoms with Crippen molar-refractivity contribution in [3.8, 4) is 6.07 Å². The molecule has 0 heterocycles. The van der Waals surface area contributed by atoms with Crippen molar-refractivity contribution in [2.45, 2.75) is 6.54 Å². The van der Waals surface area contributed by atoms with Crippen LogP contribution >= 0.6 is 0 Å². The average molecular weight is 200 g/mol. The minimum absolute atomic E-state index is 0.112. The smallest absolute Gasteiger partial charge is 0.245 e. The number of carbonyl (C=O) groups excluding carboxylic acids is 1. The molecule has 1 amide bonds. The summed E-state index contributed by atoms with van der Waals surface area (Å²) in [5, 5.41) is 8.61. The Balaban J connectivity index is 2.69. The van der Waals surface area contributed by atoms with Crippen LogP contribution < -0.4 is 0 Å². The maximum absolute atomic E-state index is 11.2. The number of amides is 1. The molecule has 0 spiro atoms. The van der Waals surface area contributed by atoms with Gasteiger partial charge in [0.25, 0.3) is 0 Å². The molecule has 0 fully saturated rings. The highest BCUT2D eigenvalue weighted by Crippen LogP contribution is 2.06. The van der Waals surface area contributed by atoms with Gasteiger partial charge in [-0.05, 0) is 23.8 Å². The van der Waals surface area contributed by atoms with Crippen LogP contribution in [0.3, 0.4) is 0 Å². The van der Waals surface area contributed by atoms with Crippen LogP contribution in [-0.2, 0) is 11.3 Å². The second-order valence-corrected chi connectivity index (χ2v) is 3.21. The highest BCUT2D eigenvalue weighted by Gasteiger charge is 2.04. The van der Waals surface area contributed by atoms with Crippen LogP contribution in [0.25, 0.3) is 0 Å². The van der Waals surface area contributed by atoms with Crippen molar-refractivity contribution in [2.24, 2.45) is 0 Å². The lowest BCUT2D eigenvalue weighted by Gasteiger charge is -2.14. The van der Waals surface area contributed by atoms with E-state index in [4.69, 9.17) is 5.26 Å². The molecular formula is C12H12N2O. The van der Waals surface area contributed by atoms with Crippen LogP contribution in [0.5, 0.6) is 0 Å². The van der Waals surface area contributed by atoms with Crippen molar-refractivity contribution >= 4 is 5.91 Å². The minimum Gasteiger partial charge on any atom is -0.338 e. The molecule has 0 aliphatic carbocycles. The Morgan fingerprint density at radius 2 is 2.13 bits per heavy atom. The number of nitrogens with zero attached hydrogens (tertiary/aromatic N) is 2. The van der Waals surface area contributed by atoms with Gasteiger partial charge in [-0.3, -0.25) is 4.79 Å².